The molecule has 0 rings (SSSR count). The predicted molar refractivity (Wildman–Crippen MR) is 101 cm³/mol. The van der Waals surface area contributed by atoms with Crippen LogP contribution in [0.3, 0.4) is 0 Å². The van der Waals surface area contributed by atoms with E-state index in [1.807, 2.05) is 0 Å². The van der Waals surface area contributed by atoms with Gasteiger partial charge in [-0.3, -0.25) is 0 Å². The minimum Gasteiger partial charge on any atom is -0.205 e. The molecule has 0 spiro atoms. The summed E-state index contributed by atoms with van der Waals surface area (Å²) in [5.74, 6) is -46.7. The summed E-state index contributed by atoms with van der Waals surface area (Å²) in [5, 5.41) is 0. The molecule has 18 heteroatoms. The van der Waals surface area contributed by atoms with Crippen molar-refractivity contribution >= 4 is 8.07 Å². The number of alkyl halides is 17. The van der Waals surface area contributed by atoms with Gasteiger partial charge in [-0.15, -0.1) is 0 Å². The van der Waals surface area contributed by atoms with E-state index in [1.54, 1.807) is 0 Å². The molecule has 0 heterocycles. The van der Waals surface area contributed by atoms with Crippen molar-refractivity contribution in [2.45, 2.75) is 118 Å². The molecule has 0 aliphatic rings. The lowest BCUT2D eigenvalue weighted by Crippen LogP contribution is -2.77. The van der Waals surface area contributed by atoms with Gasteiger partial charge in [0.05, 0.1) is 0 Å². The summed E-state index contributed by atoms with van der Waals surface area (Å²) in [4.78, 5) is 0. The molecule has 0 amide bonds. The van der Waals surface area contributed by atoms with Crippen LogP contribution in [0, 0.1) is 0 Å². The van der Waals surface area contributed by atoms with Crippen molar-refractivity contribution in [3.05, 3.63) is 0 Å². The van der Waals surface area contributed by atoms with Gasteiger partial charge in [-0.25, -0.2) is 8.78 Å². The van der Waals surface area contributed by atoms with Gasteiger partial charge in [0, 0.05) is 12.8 Å². The average molecular weight is 604 g/mol. The van der Waals surface area contributed by atoms with E-state index in [1.165, 1.54) is 0 Å². The first kappa shape index (κ1) is 36.0. The lowest BCUT2D eigenvalue weighted by molar-refractivity contribution is -0.437. The van der Waals surface area contributed by atoms with Crippen LogP contribution in [0.15, 0.2) is 0 Å². The highest BCUT2D eigenvalue weighted by Crippen LogP contribution is 2.66. The third-order valence-electron chi connectivity index (χ3n) is 6.56. The minimum atomic E-state index is -8.30. The first-order valence-electron chi connectivity index (χ1n) is 10.5. The van der Waals surface area contributed by atoms with Crippen molar-refractivity contribution in [3.63, 3.8) is 0 Å². The van der Waals surface area contributed by atoms with Crippen molar-refractivity contribution < 1.29 is 74.6 Å². The molecule has 0 radical (unpaired) electrons. The van der Waals surface area contributed by atoms with Gasteiger partial charge >= 0.3 is 41.7 Å². The number of hydrogen-bond acceptors (Lipinski definition) is 0. The van der Waals surface area contributed by atoms with Crippen molar-refractivity contribution in [1.29, 1.82) is 0 Å². The molecule has 0 bridgehead atoms. The molecule has 0 N–H and O–H groups in total. The quantitative estimate of drug-likeness (QED) is 0.154. The van der Waals surface area contributed by atoms with Crippen LogP contribution in [-0.4, -0.2) is 55.3 Å². The van der Waals surface area contributed by atoms with Crippen LogP contribution in [0.25, 0.3) is 0 Å². The van der Waals surface area contributed by atoms with Gasteiger partial charge in [-0.05, 0) is 16.6 Å². The van der Waals surface area contributed by atoms with Gasteiger partial charge in [0.15, 0.2) is 8.07 Å². The highest BCUT2D eigenvalue weighted by Gasteiger charge is 2.94. The molecule has 0 nitrogen and oxygen atoms in total. The standard InChI is InChI=1S/C19H25F17Si/c1-9(2)37(10(3)4,11(5)6)19(35,36)18(33,34)17(31,32)16(29,30)15(27,28)14(25,26)12(20,21)7-8-13(22,23)24/h9-11H,7-8H2,1-6H3. The number of hydrogen-bond donors (Lipinski definition) is 0. The fourth-order valence-electron chi connectivity index (χ4n) is 4.83. The van der Waals surface area contributed by atoms with E-state index in [0.717, 1.165) is 41.5 Å². The van der Waals surface area contributed by atoms with E-state index < -0.39 is 84.8 Å². The Bertz CT molecular complexity index is 758. The summed E-state index contributed by atoms with van der Waals surface area (Å²) in [6.07, 6.45) is -12.1. The zero-order chi connectivity index (χ0) is 30.6. The molecular weight excluding hydrogens is 579 g/mol. The Labute approximate surface area is 202 Å². The maximum absolute atomic E-state index is 15.3. The van der Waals surface area contributed by atoms with Crippen LogP contribution in [-0.2, 0) is 0 Å². The second-order valence-corrected chi connectivity index (χ2v) is 15.6. The largest absolute Gasteiger partial charge is 0.389 e. The van der Waals surface area contributed by atoms with Crippen molar-refractivity contribution in [1.82, 2.24) is 0 Å². The van der Waals surface area contributed by atoms with E-state index in [0.29, 0.717) is 0 Å². The van der Waals surface area contributed by atoms with Crippen molar-refractivity contribution in [2.24, 2.45) is 0 Å². The van der Waals surface area contributed by atoms with Crippen LogP contribution in [0.1, 0.15) is 54.4 Å². The first-order chi connectivity index (χ1) is 15.8. The van der Waals surface area contributed by atoms with Crippen molar-refractivity contribution in [2.75, 3.05) is 0 Å². The summed E-state index contributed by atoms with van der Waals surface area (Å²) >= 11 is 0. The minimum absolute atomic E-state index is 0.844. The Morgan fingerprint density at radius 2 is 0.676 bits per heavy atom. The van der Waals surface area contributed by atoms with Gasteiger partial charge in [0.2, 0.25) is 0 Å². The van der Waals surface area contributed by atoms with Gasteiger partial charge in [-0.2, -0.15) is 65.9 Å². The molecule has 0 saturated heterocycles. The summed E-state index contributed by atoms with van der Waals surface area (Å²) < 4.78 is 236. The third-order valence-corrected chi connectivity index (χ3v) is 13.7. The fraction of sp³-hybridized carbons (Fsp3) is 1.00. The van der Waals surface area contributed by atoms with Gasteiger partial charge in [-0.1, -0.05) is 41.5 Å². The van der Waals surface area contributed by atoms with Crippen LogP contribution in [0.5, 0.6) is 0 Å². The summed E-state index contributed by atoms with van der Waals surface area (Å²) in [5.41, 5.74) is -11.1. The Balaban J connectivity index is 7.09. The van der Waals surface area contributed by atoms with Gasteiger partial charge in [0.25, 0.3) is 5.55 Å². The van der Waals surface area contributed by atoms with Crippen LogP contribution in [0.4, 0.5) is 74.6 Å². The van der Waals surface area contributed by atoms with E-state index in [4.69, 9.17) is 0 Å². The molecule has 0 saturated carbocycles. The molecular formula is C19H25F17Si. The molecule has 0 atom stereocenters. The lowest BCUT2D eigenvalue weighted by Gasteiger charge is -2.52. The number of rotatable bonds is 12. The molecule has 0 unspecified atom stereocenters. The van der Waals surface area contributed by atoms with Gasteiger partial charge in [0.1, 0.15) is 0 Å². The summed E-state index contributed by atoms with van der Waals surface area (Å²) in [6.45, 7) is 5.06. The molecule has 0 aromatic heterocycles. The number of halogens is 17. The highest BCUT2D eigenvalue weighted by atomic mass is 28.3. The van der Waals surface area contributed by atoms with Crippen LogP contribution >= 0.6 is 0 Å². The zero-order valence-corrected chi connectivity index (χ0v) is 21.1. The van der Waals surface area contributed by atoms with E-state index in [-0.39, 0.29) is 0 Å². The molecule has 0 fully saturated rings. The van der Waals surface area contributed by atoms with Crippen LogP contribution in [0.2, 0.25) is 16.6 Å². The lowest BCUT2D eigenvalue weighted by atomic mass is 9.90. The SMILES string of the molecule is CC(C)[Si](C(C)C)(C(C)C)C(F)(F)C(F)(F)C(F)(F)C(F)(F)C(F)(F)C(F)(F)C(F)(F)CCC(F)(F)F. The van der Waals surface area contributed by atoms with Crippen molar-refractivity contribution in [3.8, 4) is 0 Å². The molecule has 0 aliphatic heterocycles. The second kappa shape index (κ2) is 9.89. The molecule has 224 valence electrons. The normalized spacial score (nSPS) is 16.4. The monoisotopic (exact) mass is 604 g/mol. The summed E-state index contributed by atoms with van der Waals surface area (Å²) in [6, 6.07) is 0. The Morgan fingerprint density at radius 3 is 0.946 bits per heavy atom. The molecule has 0 aromatic rings. The van der Waals surface area contributed by atoms with E-state index >= 15 is 8.78 Å². The van der Waals surface area contributed by atoms with Gasteiger partial charge < -0.3 is 0 Å². The maximum Gasteiger partial charge on any atom is 0.389 e. The third kappa shape index (κ3) is 5.04. The zero-order valence-electron chi connectivity index (χ0n) is 20.1. The van der Waals surface area contributed by atoms with Crippen LogP contribution < -0.4 is 0 Å². The topological polar surface area (TPSA) is 0 Å². The Morgan fingerprint density at radius 1 is 0.405 bits per heavy atom. The second-order valence-electron chi connectivity index (χ2n) is 9.66. The molecule has 0 aliphatic carbocycles. The van der Waals surface area contributed by atoms with E-state index in [2.05, 4.69) is 0 Å². The van der Waals surface area contributed by atoms with E-state index in [9.17, 15) is 65.9 Å². The maximum atomic E-state index is 15.3. The first-order valence-corrected chi connectivity index (χ1v) is 12.7. The smallest absolute Gasteiger partial charge is 0.205 e. The predicted octanol–water partition coefficient (Wildman–Crippen LogP) is 9.99. The Hall–Kier alpha value is -0.973. The average Bonchev–Trinajstić information content (AvgIpc) is 2.64. The fourth-order valence-corrected chi connectivity index (χ4v) is 11.7. The highest BCUT2D eigenvalue weighted by molar-refractivity contribution is 6.85. The molecule has 37 heavy (non-hydrogen) atoms. The molecule has 0 aromatic carbocycles. The Kier molecular flexibility index (Phi) is 9.63. The summed E-state index contributed by atoms with van der Waals surface area (Å²) in [7, 11) is -5.36.